The first-order chi connectivity index (χ1) is 7.10. The van der Waals surface area contributed by atoms with Gasteiger partial charge in [0.1, 0.15) is 0 Å². The Morgan fingerprint density at radius 3 is 2.67 bits per heavy atom. The van der Waals surface area contributed by atoms with Gasteiger partial charge in [-0.25, -0.2) is 0 Å². The average molecular weight is 227 g/mol. The van der Waals surface area contributed by atoms with Crippen molar-refractivity contribution >= 4 is 11.6 Å². The Bertz CT molecular complexity index is 336. The quantitative estimate of drug-likeness (QED) is 0.840. The van der Waals surface area contributed by atoms with Crippen LogP contribution >= 0.6 is 11.6 Å². The molecule has 1 aromatic rings. The van der Waals surface area contributed by atoms with Gasteiger partial charge in [0.15, 0.2) is 0 Å². The van der Waals surface area contributed by atoms with E-state index in [9.17, 15) is 5.11 Å². The molecule has 1 aliphatic heterocycles. The highest BCUT2D eigenvalue weighted by molar-refractivity contribution is 6.30. The van der Waals surface area contributed by atoms with Crippen molar-refractivity contribution in [1.29, 1.82) is 0 Å². The summed E-state index contributed by atoms with van der Waals surface area (Å²) in [6, 6.07) is 7.60. The number of rotatable bonds is 2. The smallest absolute Gasteiger partial charge is 0.0967 e. The van der Waals surface area contributed by atoms with Gasteiger partial charge in [0.05, 0.1) is 11.7 Å². The van der Waals surface area contributed by atoms with Gasteiger partial charge in [-0.1, -0.05) is 23.7 Å². The van der Waals surface area contributed by atoms with Gasteiger partial charge in [-0.15, -0.1) is 0 Å². The van der Waals surface area contributed by atoms with Crippen molar-refractivity contribution in [3.63, 3.8) is 0 Å². The highest BCUT2D eigenvalue weighted by atomic mass is 35.5. The van der Waals surface area contributed by atoms with E-state index < -0.39 is 5.60 Å². The highest BCUT2D eigenvalue weighted by Gasteiger charge is 2.39. The zero-order chi connectivity index (χ0) is 10.9. The maximum absolute atomic E-state index is 10.3. The number of benzene rings is 1. The third-order valence-corrected chi connectivity index (χ3v) is 3.34. The third kappa shape index (κ3) is 2.33. The van der Waals surface area contributed by atoms with E-state index in [0.717, 1.165) is 10.6 Å². The number of halogens is 1. The Hall–Kier alpha value is -0.570. The summed E-state index contributed by atoms with van der Waals surface area (Å²) in [7, 11) is 0. The first kappa shape index (κ1) is 10.9. The van der Waals surface area contributed by atoms with Gasteiger partial charge in [-0.2, -0.15) is 0 Å². The van der Waals surface area contributed by atoms with Crippen LogP contribution in [0.2, 0.25) is 5.02 Å². The summed E-state index contributed by atoms with van der Waals surface area (Å²) in [4.78, 5) is 0. The van der Waals surface area contributed by atoms with Crippen molar-refractivity contribution in [3.8, 4) is 0 Å². The van der Waals surface area contributed by atoms with Gasteiger partial charge >= 0.3 is 0 Å². The molecule has 2 unspecified atom stereocenters. The van der Waals surface area contributed by atoms with Crippen LogP contribution in [-0.2, 0) is 11.2 Å². The van der Waals surface area contributed by atoms with Crippen LogP contribution in [0.15, 0.2) is 24.3 Å². The van der Waals surface area contributed by atoms with Gasteiger partial charge < -0.3 is 9.84 Å². The Morgan fingerprint density at radius 1 is 1.47 bits per heavy atom. The van der Waals surface area contributed by atoms with Crippen LogP contribution in [0.25, 0.3) is 0 Å². The van der Waals surface area contributed by atoms with Crippen molar-refractivity contribution in [2.24, 2.45) is 0 Å². The van der Waals surface area contributed by atoms with E-state index in [1.807, 2.05) is 31.2 Å². The summed E-state index contributed by atoms with van der Waals surface area (Å²) in [6.45, 7) is 2.56. The lowest BCUT2D eigenvalue weighted by Crippen LogP contribution is -2.38. The Kier molecular flexibility index (Phi) is 3.01. The fourth-order valence-corrected chi connectivity index (χ4v) is 2.08. The molecule has 1 heterocycles. The maximum Gasteiger partial charge on any atom is 0.0967 e. The van der Waals surface area contributed by atoms with Crippen molar-refractivity contribution < 1.29 is 9.84 Å². The van der Waals surface area contributed by atoms with Crippen molar-refractivity contribution in [2.75, 3.05) is 6.61 Å². The van der Waals surface area contributed by atoms with Gasteiger partial charge in [-0.3, -0.25) is 0 Å². The fraction of sp³-hybridized carbons (Fsp3) is 0.500. The minimum atomic E-state index is -0.714. The summed E-state index contributed by atoms with van der Waals surface area (Å²) < 4.78 is 5.39. The minimum absolute atomic E-state index is 0.0896. The van der Waals surface area contributed by atoms with Crippen LogP contribution in [0.5, 0.6) is 0 Å². The van der Waals surface area contributed by atoms with E-state index in [1.165, 1.54) is 0 Å². The third-order valence-electron chi connectivity index (χ3n) is 3.08. The molecule has 0 saturated carbocycles. The normalized spacial score (nSPS) is 30.7. The molecule has 2 rings (SSSR count). The SMILES string of the molecule is CC1OCCC1(O)Cc1ccc(Cl)cc1. The summed E-state index contributed by atoms with van der Waals surface area (Å²) in [5.41, 5.74) is 0.382. The zero-order valence-corrected chi connectivity index (χ0v) is 9.50. The van der Waals surface area contributed by atoms with E-state index in [2.05, 4.69) is 0 Å². The number of hydrogen-bond donors (Lipinski definition) is 1. The van der Waals surface area contributed by atoms with Crippen LogP contribution in [0.1, 0.15) is 18.9 Å². The van der Waals surface area contributed by atoms with Crippen LogP contribution in [-0.4, -0.2) is 23.4 Å². The maximum atomic E-state index is 10.3. The number of hydrogen-bond acceptors (Lipinski definition) is 2. The summed E-state index contributed by atoms with van der Waals surface area (Å²) in [6.07, 6.45) is 1.25. The minimum Gasteiger partial charge on any atom is -0.387 e. The average Bonchev–Trinajstić information content (AvgIpc) is 2.51. The van der Waals surface area contributed by atoms with Crippen LogP contribution in [0.4, 0.5) is 0 Å². The molecule has 0 amide bonds. The largest absolute Gasteiger partial charge is 0.387 e. The van der Waals surface area contributed by atoms with E-state index in [-0.39, 0.29) is 6.10 Å². The number of ether oxygens (including phenoxy) is 1. The Balaban J connectivity index is 2.11. The summed E-state index contributed by atoms with van der Waals surface area (Å²) in [5.74, 6) is 0. The van der Waals surface area contributed by atoms with E-state index in [4.69, 9.17) is 16.3 Å². The first-order valence-corrected chi connectivity index (χ1v) is 5.56. The molecule has 2 nitrogen and oxygen atoms in total. The van der Waals surface area contributed by atoms with Crippen LogP contribution in [0, 0.1) is 0 Å². The fourth-order valence-electron chi connectivity index (χ4n) is 1.96. The van der Waals surface area contributed by atoms with E-state index in [1.54, 1.807) is 0 Å². The van der Waals surface area contributed by atoms with Crippen LogP contribution in [0.3, 0.4) is 0 Å². The van der Waals surface area contributed by atoms with Crippen LogP contribution < -0.4 is 0 Å². The molecule has 1 aliphatic rings. The lowest BCUT2D eigenvalue weighted by Gasteiger charge is -2.26. The molecular weight excluding hydrogens is 212 g/mol. The second-order valence-corrected chi connectivity index (χ2v) is 4.61. The zero-order valence-electron chi connectivity index (χ0n) is 8.74. The Labute approximate surface area is 94.8 Å². The molecule has 0 aliphatic carbocycles. The van der Waals surface area contributed by atoms with E-state index in [0.29, 0.717) is 19.4 Å². The molecule has 0 aromatic heterocycles. The monoisotopic (exact) mass is 226 g/mol. The van der Waals surface area contributed by atoms with Gasteiger partial charge in [0.2, 0.25) is 0 Å². The van der Waals surface area contributed by atoms with Gasteiger partial charge in [-0.05, 0) is 24.6 Å². The first-order valence-electron chi connectivity index (χ1n) is 5.19. The standard InChI is InChI=1S/C12H15ClO2/c1-9-12(14,6-7-15-9)8-10-2-4-11(13)5-3-10/h2-5,9,14H,6-8H2,1H3. The summed E-state index contributed by atoms with van der Waals surface area (Å²) in [5, 5.41) is 11.0. The van der Waals surface area contributed by atoms with Gasteiger partial charge in [0.25, 0.3) is 0 Å². The molecule has 2 atom stereocenters. The molecule has 1 N–H and O–H groups in total. The molecule has 0 bridgehead atoms. The molecule has 0 radical (unpaired) electrons. The second-order valence-electron chi connectivity index (χ2n) is 4.17. The van der Waals surface area contributed by atoms with Crippen molar-refractivity contribution in [3.05, 3.63) is 34.9 Å². The molecule has 1 aromatic carbocycles. The number of aliphatic hydroxyl groups is 1. The topological polar surface area (TPSA) is 29.5 Å². The Morgan fingerprint density at radius 2 is 2.13 bits per heavy atom. The predicted octanol–water partition coefficient (Wildman–Crippen LogP) is 2.42. The molecule has 15 heavy (non-hydrogen) atoms. The van der Waals surface area contributed by atoms with E-state index >= 15 is 0 Å². The molecule has 0 spiro atoms. The lowest BCUT2D eigenvalue weighted by atomic mass is 9.89. The molecule has 3 heteroatoms. The molecule has 1 saturated heterocycles. The van der Waals surface area contributed by atoms with Crippen molar-refractivity contribution in [1.82, 2.24) is 0 Å². The predicted molar refractivity (Wildman–Crippen MR) is 60.1 cm³/mol. The van der Waals surface area contributed by atoms with Crippen molar-refractivity contribution in [2.45, 2.75) is 31.5 Å². The highest BCUT2D eigenvalue weighted by Crippen LogP contribution is 2.29. The lowest BCUT2D eigenvalue weighted by molar-refractivity contribution is -0.0268. The molecule has 1 fully saturated rings. The van der Waals surface area contributed by atoms with Gasteiger partial charge in [0, 0.05) is 24.5 Å². The molecular formula is C12H15ClO2. The molecule has 82 valence electrons. The summed E-state index contributed by atoms with van der Waals surface area (Å²) >= 11 is 5.80. The second kappa shape index (κ2) is 4.12.